The van der Waals surface area contributed by atoms with Gasteiger partial charge in [-0.15, -0.1) is 0 Å². The summed E-state index contributed by atoms with van der Waals surface area (Å²) in [4.78, 5) is 24.0. The van der Waals surface area contributed by atoms with Crippen LogP contribution in [0.5, 0.6) is 0 Å². The first-order chi connectivity index (χ1) is 11.3. The first-order valence-electron chi connectivity index (χ1n) is 9.70. The molecule has 0 aromatic carbocycles. The highest BCUT2D eigenvalue weighted by Gasteiger charge is 2.62. The van der Waals surface area contributed by atoms with E-state index in [1.54, 1.807) is 6.92 Å². The molecule has 3 saturated carbocycles. The number of hydrogen-bond acceptors (Lipinski definition) is 3. The first kappa shape index (κ1) is 16.5. The van der Waals surface area contributed by atoms with Crippen molar-refractivity contribution in [3.05, 3.63) is 11.6 Å². The fourth-order valence-electron chi connectivity index (χ4n) is 7.35. The van der Waals surface area contributed by atoms with Crippen LogP contribution in [0.25, 0.3) is 0 Å². The van der Waals surface area contributed by atoms with Crippen LogP contribution >= 0.6 is 0 Å². The molecule has 3 nitrogen and oxygen atoms in total. The lowest BCUT2D eigenvalue weighted by Crippen LogP contribution is -2.56. The van der Waals surface area contributed by atoms with Gasteiger partial charge in [-0.3, -0.25) is 9.59 Å². The quantitative estimate of drug-likeness (QED) is 0.797. The van der Waals surface area contributed by atoms with Gasteiger partial charge in [-0.05, 0) is 80.1 Å². The van der Waals surface area contributed by atoms with Crippen molar-refractivity contribution in [1.82, 2.24) is 0 Å². The molecule has 4 aliphatic rings. The molecule has 0 aromatic heterocycles. The predicted octanol–water partition coefficient (Wildman–Crippen LogP) is 3.69. The van der Waals surface area contributed by atoms with Gasteiger partial charge in [0, 0.05) is 12.3 Å². The highest BCUT2D eigenvalue weighted by molar-refractivity contribution is 5.91. The van der Waals surface area contributed by atoms with Crippen molar-refractivity contribution in [2.24, 2.45) is 34.5 Å². The minimum Gasteiger partial charge on any atom is -0.393 e. The van der Waals surface area contributed by atoms with Crippen LogP contribution in [0.4, 0.5) is 0 Å². The Morgan fingerprint density at radius 1 is 1.21 bits per heavy atom. The molecule has 132 valence electrons. The van der Waals surface area contributed by atoms with E-state index in [4.69, 9.17) is 0 Å². The Morgan fingerprint density at radius 3 is 2.67 bits per heavy atom. The molecule has 0 saturated heterocycles. The van der Waals surface area contributed by atoms with Crippen molar-refractivity contribution in [3.8, 4) is 0 Å². The molecule has 3 heteroatoms. The molecule has 3 unspecified atom stereocenters. The molecule has 0 aromatic rings. The number of hydrogen-bond donors (Lipinski definition) is 1. The largest absolute Gasteiger partial charge is 0.393 e. The molecular formula is C21H30O3. The topological polar surface area (TPSA) is 54.4 Å². The van der Waals surface area contributed by atoms with E-state index in [1.165, 1.54) is 5.57 Å². The average molecular weight is 330 g/mol. The summed E-state index contributed by atoms with van der Waals surface area (Å²) in [7, 11) is 0. The normalized spacial score (nSPS) is 50.6. The Hall–Kier alpha value is -0.960. The molecule has 0 aliphatic heterocycles. The van der Waals surface area contributed by atoms with Crippen LogP contribution in [-0.2, 0) is 9.59 Å². The van der Waals surface area contributed by atoms with Gasteiger partial charge in [0.15, 0.2) is 5.78 Å². The van der Waals surface area contributed by atoms with Crippen LogP contribution < -0.4 is 0 Å². The Labute approximate surface area is 144 Å². The zero-order chi connectivity index (χ0) is 17.3. The standard InChI is InChI=1S/C21H30O3/c1-12(22)16-6-7-17-15-5-4-13-10-14(23)8-9-20(13,2)19(15)18(24)11-21(16,17)3/h10,15-19,24H,4-9,11H2,1-3H3/t15?,16-,17?,18-,19?,20+,21-/m1/s1. The van der Waals surface area contributed by atoms with E-state index >= 15 is 0 Å². The molecule has 4 rings (SSSR count). The van der Waals surface area contributed by atoms with E-state index in [1.807, 2.05) is 6.08 Å². The molecule has 1 N–H and O–H groups in total. The number of fused-ring (bicyclic) bond motifs is 5. The minimum absolute atomic E-state index is 0.0219. The van der Waals surface area contributed by atoms with Crippen molar-refractivity contribution in [2.75, 3.05) is 0 Å². The molecule has 0 bridgehead atoms. The third-order valence-corrected chi connectivity index (χ3v) is 8.38. The van der Waals surface area contributed by atoms with E-state index in [0.29, 0.717) is 24.0 Å². The minimum atomic E-state index is -0.349. The van der Waals surface area contributed by atoms with Gasteiger partial charge >= 0.3 is 0 Å². The summed E-state index contributed by atoms with van der Waals surface area (Å²) in [5.41, 5.74) is 1.23. The summed E-state index contributed by atoms with van der Waals surface area (Å²) in [6.45, 7) is 6.27. The van der Waals surface area contributed by atoms with Crippen molar-refractivity contribution in [1.29, 1.82) is 0 Å². The molecule has 0 spiro atoms. The number of allylic oxidation sites excluding steroid dienone is 1. The SMILES string of the molecule is CC(=O)[C@H]1CCC2C3CCC4=CC(=O)CC[C@]4(C)C3[C@H](O)C[C@@]21C. The molecule has 7 atom stereocenters. The monoisotopic (exact) mass is 330 g/mol. The van der Waals surface area contributed by atoms with Crippen LogP contribution in [-0.4, -0.2) is 22.8 Å². The van der Waals surface area contributed by atoms with Gasteiger partial charge in [0.25, 0.3) is 0 Å². The number of aliphatic hydroxyl groups is 1. The number of carbonyl (C=O) groups is 2. The van der Waals surface area contributed by atoms with Gasteiger partial charge in [-0.1, -0.05) is 19.4 Å². The lowest BCUT2D eigenvalue weighted by Gasteiger charge is -2.59. The number of rotatable bonds is 1. The Balaban J connectivity index is 1.72. The van der Waals surface area contributed by atoms with Gasteiger partial charge < -0.3 is 5.11 Å². The maximum Gasteiger partial charge on any atom is 0.155 e. The Kier molecular flexibility index (Phi) is 3.62. The molecule has 24 heavy (non-hydrogen) atoms. The van der Waals surface area contributed by atoms with E-state index < -0.39 is 0 Å². The fourth-order valence-corrected chi connectivity index (χ4v) is 7.35. The van der Waals surface area contributed by atoms with Crippen LogP contribution in [0.15, 0.2) is 11.6 Å². The highest BCUT2D eigenvalue weighted by atomic mass is 16.3. The second-order valence-electron chi connectivity index (χ2n) is 9.41. The maximum atomic E-state index is 12.2. The third kappa shape index (κ3) is 2.06. The fraction of sp³-hybridized carbons (Fsp3) is 0.810. The first-order valence-corrected chi connectivity index (χ1v) is 9.70. The molecule has 0 amide bonds. The van der Waals surface area contributed by atoms with Crippen molar-refractivity contribution in [2.45, 2.75) is 71.8 Å². The highest BCUT2D eigenvalue weighted by Crippen LogP contribution is 2.66. The van der Waals surface area contributed by atoms with Crippen LogP contribution in [0, 0.1) is 34.5 Å². The second-order valence-corrected chi connectivity index (χ2v) is 9.41. The van der Waals surface area contributed by atoms with Gasteiger partial charge in [0.2, 0.25) is 0 Å². The maximum absolute atomic E-state index is 12.2. The lowest BCUT2D eigenvalue weighted by molar-refractivity contribution is -0.143. The third-order valence-electron chi connectivity index (χ3n) is 8.38. The zero-order valence-electron chi connectivity index (χ0n) is 15.2. The molecular weight excluding hydrogens is 300 g/mol. The Bertz CT molecular complexity index is 621. The summed E-state index contributed by atoms with van der Waals surface area (Å²) < 4.78 is 0. The summed E-state index contributed by atoms with van der Waals surface area (Å²) >= 11 is 0. The molecule has 3 fully saturated rings. The number of ketones is 2. The van der Waals surface area contributed by atoms with Gasteiger partial charge in [0.1, 0.15) is 5.78 Å². The lowest BCUT2D eigenvalue weighted by atomic mass is 9.46. The summed E-state index contributed by atoms with van der Waals surface area (Å²) in [5, 5.41) is 11.2. The van der Waals surface area contributed by atoms with E-state index in [2.05, 4.69) is 13.8 Å². The molecule has 0 heterocycles. The molecule has 4 aliphatic carbocycles. The summed E-state index contributed by atoms with van der Waals surface area (Å²) in [6.07, 6.45) is 7.97. The van der Waals surface area contributed by atoms with Crippen molar-refractivity contribution >= 4 is 11.6 Å². The second kappa shape index (κ2) is 5.27. The van der Waals surface area contributed by atoms with Gasteiger partial charge in [0.05, 0.1) is 6.10 Å². The number of carbonyl (C=O) groups excluding carboxylic acids is 2. The van der Waals surface area contributed by atoms with Crippen LogP contribution in [0.1, 0.15) is 65.7 Å². The summed E-state index contributed by atoms with van der Waals surface area (Å²) in [6, 6.07) is 0. The summed E-state index contributed by atoms with van der Waals surface area (Å²) in [5.74, 6) is 1.99. The van der Waals surface area contributed by atoms with E-state index in [0.717, 1.165) is 38.5 Å². The predicted molar refractivity (Wildman–Crippen MR) is 92.3 cm³/mol. The average Bonchev–Trinajstić information content (AvgIpc) is 2.84. The number of Topliss-reactive ketones (excluding diaryl/α,β-unsaturated/α-hetero) is 1. The van der Waals surface area contributed by atoms with E-state index in [-0.39, 0.29) is 34.6 Å². The smallest absolute Gasteiger partial charge is 0.155 e. The van der Waals surface area contributed by atoms with Crippen LogP contribution in [0.2, 0.25) is 0 Å². The van der Waals surface area contributed by atoms with Crippen molar-refractivity contribution < 1.29 is 14.7 Å². The van der Waals surface area contributed by atoms with Crippen molar-refractivity contribution in [3.63, 3.8) is 0 Å². The van der Waals surface area contributed by atoms with Gasteiger partial charge in [-0.25, -0.2) is 0 Å². The number of aliphatic hydroxyl groups excluding tert-OH is 1. The van der Waals surface area contributed by atoms with Gasteiger partial charge in [-0.2, -0.15) is 0 Å². The van der Waals surface area contributed by atoms with Crippen LogP contribution in [0.3, 0.4) is 0 Å². The Morgan fingerprint density at radius 2 is 1.96 bits per heavy atom. The molecule has 0 radical (unpaired) electrons. The zero-order valence-corrected chi connectivity index (χ0v) is 15.2. The van der Waals surface area contributed by atoms with E-state index in [9.17, 15) is 14.7 Å².